The number of nitrogens with zero attached hydrogens (tertiary/aromatic N) is 2. The average molecular weight is 313 g/mol. The molecule has 0 radical (unpaired) electrons. The summed E-state index contributed by atoms with van der Waals surface area (Å²) in [4.78, 5) is 18.7. The van der Waals surface area contributed by atoms with Crippen molar-refractivity contribution in [2.24, 2.45) is 0 Å². The first kappa shape index (κ1) is 17.9. The van der Waals surface area contributed by atoms with Gasteiger partial charge in [-0.2, -0.15) is 0 Å². The molecule has 0 unspecified atom stereocenters. The van der Waals surface area contributed by atoms with Crippen molar-refractivity contribution in [2.75, 3.05) is 39.1 Å². The lowest BCUT2D eigenvalue weighted by atomic mass is 9.90. The number of thiazole rings is 1. The maximum atomic E-state index is 12.0. The highest BCUT2D eigenvalue weighted by molar-refractivity contribution is 7.13. The smallest absolute Gasteiger partial charge is 0.317 e. The summed E-state index contributed by atoms with van der Waals surface area (Å²) in [6, 6.07) is 0. The second-order valence-corrected chi connectivity index (χ2v) is 6.68. The highest BCUT2D eigenvalue weighted by Crippen LogP contribution is 2.28. The Morgan fingerprint density at radius 3 is 2.76 bits per heavy atom. The van der Waals surface area contributed by atoms with Crippen molar-refractivity contribution in [3.8, 4) is 0 Å². The van der Waals surface area contributed by atoms with E-state index < -0.39 is 5.41 Å². The third kappa shape index (κ3) is 5.63. The Labute approximate surface area is 131 Å². The minimum absolute atomic E-state index is 0.229. The van der Waals surface area contributed by atoms with Crippen LogP contribution in [0.15, 0.2) is 5.38 Å². The van der Waals surface area contributed by atoms with E-state index in [2.05, 4.69) is 29.3 Å². The summed E-state index contributed by atoms with van der Waals surface area (Å²) in [6.45, 7) is 7.91. The third-order valence-electron chi connectivity index (χ3n) is 3.24. The Balaban J connectivity index is 2.47. The molecule has 0 aliphatic carbocycles. The van der Waals surface area contributed by atoms with Gasteiger partial charge in [-0.25, -0.2) is 4.98 Å². The second-order valence-electron chi connectivity index (χ2n) is 5.82. The Morgan fingerprint density at radius 1 is 1.43 bits per heavy atom. The van der Waals surface area contributed by atoms with E-state index in [1.165, 1.54) is 11.3 Å². The predicted molar refractivity (Wildman–Crippen MR) is 88.1 cm³/mol. The van der Waals surface area contributed by atoms with Gasteiger partial charge in [0, 0.05) is 11.9 Å². The first-order valence-electron chi connectivity index (χ1n) is 7.39. The molecule has 1 aromatic heterocycles. The standard InChI is InChI=1S/C15H27N3O2S/c1-6-20-13(19)15(2,3)12-11-21-14(17-12)16-9-7-8-10-18(4)5/h11H,6-10H2,1-5H3,(H,16,17). The monoisotopic (exact) mass is 313 g/mol. The molecule has 0 saturated carbocycles. The van der Waals surface area contributed by atoms with Gasteiger partial charge in [-0.15, -0.1) is 11.3 Å². The van der Waals surface area contributed by atoms with Crippen LogP contribution < -0.4 is 5.32 Å². The molecular formula is C15H27N3O2S. The number of carbonyl (C=O) groups excluding carboxylic acids is 1. The number of anilines is 1. The molecule has 0 fully saturated rings. The molecule has 0 amide bonds. The summed E-state index contributed by atoms with van der Waals surface area (Å²) < 4.78 is 5.11. The summed E-state index contributed by atoms with van der Waals surface area (Å²) in [5, 5.41) is 6.12. The van der Waals surface area contributed by atoms with Crippen LogP contribution in [0, 0.1) is 0 Å². The molecule has 1 N–H and O–H groups in total. The fraction of sp³-hybridized carbons (Fsp3) is 0.733. The van der Waals surface area contributed by atoms with Gasteiger partial charge in [-0.1, -0.05) is 0 Å². The third-order valence-corrected chi connectivity index (χ3v) is 4.04. The van der Waals surface area contributed by atoms with Crippen LogP contribution in [0.25, 0.3) is 0 Å². The van der Waals surface area contributed by atoms with E-state index in [9.17, 15) is 4.79 Å². The lowest BCUT2D eigenvalue weighted by Gasteiger charge is -2.19. The van der Waals surface area contributed by atoms with Crippen molar-refractivity contribution in [1.29, 1.82) is 0 Å². The molecule has 0 atom stereocenters. The van der Waals surface area contributed by atoms with Crippen molar-refractivity contribution >= 4 is 22.4 Å². The summed E-state index contributed by atoms with van der Waals surface area (Å²) in [5.74, 6) is -0.229. The highest BCUT2D eigenvalue weighted by Gasteiger charge is 2.33. The topological polar surface area (TPSA) is 54.5 Å². The summed E-state index contributed by atoms with van der Waals surface area (Å²) in [7, 11) is 4.16. The van der Waals surface area contributed by atoms with Crippen molar-refractivity contribution in [1.82, 2.24) is 9.88 Å². The van der Waals surface area contributed by atoms with E-state index in [1.807, 2.05) is 26.2 Å². The van der Waals surface area contributed by atoms with Gasteiger partial charge in [-0.3, -0.25) is 4.79 Å². The molecule has 0 bridgehead atoms. The molecule has 1 rings (SSSR count). The Morgan fingerprint density at radius 2 is 2.14 bits per heavy atom. The van der Waals surface area contributed by atoms with E-state index in [-0.39, 0.29) is 5.97 Å². The van der Waals surface area contributed by atoms with Crippen molar-refractivity contribution in [3.63, 3.8) is 0 Å². The molecule has 0 saturated heterocycles. The Hall–Kier alpha value is -1.14. The zero-order valence-electron chi connectivity index (χ0n) is 13.7. The molecule has 120 valence electrons. The molecule has 0 spiro atoms. The highest BCUT2D eigenvalue weighted by atomic mass is 32.1. The zero-order chi connectivity index (χ0) is 15.9. The molecule has 1 heterocycles. The van der Waals surface area contributed by atoms with E-state index >= 15 is 0 Å². The fourth-order valence-electron chi connectivity index (χ4n) is 1.81. The van der Waals surface area contributed by atoms with Crippen LogP contribution >= 0.6 is 11.3 Å². The summed E-state index contributed by atoms with van der Waals surface area (Å²) >= 11 is 1.54. The molecular weight excluding hydrogens is 286 g/mol. The van der Waals surface area contributed by atoms with E-state index in [0.717, 1.165) is 36.8 Å². The number of esters is 1. The number of hydrogen-bond donors (Lipinski definition) is 1. The van der Waals surface area contributed by atoms with E-state index in [4.69, 9.17) is 4.74 Å². The second kappa shape index (κ2) is 8.34. The van der Waals surface area contributed by atoms with Gasteiger partial charge in [0.15, 0.2) is 5.13 Å². The van der Waals surface area contributed by atoms with Gasteiger partial charge in [0.2, 0.25) is 0 Å². The molecule has 5 nitrogen and oxygen atoms in total. The lowest BCUT2D eigenvalue weighted by molar-refractivity contribution is -0.148. The number of ether oxygens (including phenoxy) is 1. The van der Waals surface area contributed by atoms with Crippen molar-refractivity contribution < 1.29 is 9.53 Å². The van der Waals surface area contributed by atoms with Gasteiger partial charge < -0.3 is 15.0 Å². The van der Waals surface area contributed by atoms with E-state index in [1.54, 1.807) is 0 Å². The Kier molecular flexibility index (Phi) is 7.11. The first-order chi connectivity index (χ1) is 9.87. The summed E-state index contributed by atoms with van der Waals surface area (Å²) in [6.07, 6.45) is 2.26. The van der Waals surface area contributed by atoms with Gasteiger partial charge in [0.1, 0.15) is 5.41 Å². The normalized spacial score (nSPS) is 11.7. The zero-order valence-corrected chi connectivity index (χ0v) is 14.5. The maximum Gasteiger partial charge on any atom is 0.317 e. The largest absolute Gasteiger partial charge is 0.465 e. The number of hydrogen-bond acceptors (Lipinski definition) is 6. The number of aromatic nitrogens is 1. The van der Waals surface area contributed by atoms with Crippen LogP contribution in [0.1, 0.15) is 39.3 Å². The average Bonchev–Trinajstić information content (AvgIpc) is 2.87. The fourth-order valence-corrected chi connectivity index (χ4v) is 2.71. The number of unbranched alkanes of at least 4 members (excludes halogenated alkanes) is 1. The molecule has 0 aliphatic rings. The molecule has 6 heteroatoms. The molecule has 1 aromatic rings. The predicted octanol–water partition coefficient (Wildman–Crippen LogP) is 2.74. The molecule has 0 aromatic carbocycles. The molecule has 21 heavy (non-hydrogen) atoms. The maximum absolute atomic E-state index is 12.0. The first-order valence-corrected chi connectivity index (χ1v) is 8.27. The molecule has 0 aliphatic heterocycles. The van der Waals surface area contributed by atoms with Gasteiger partial charge in [-0.05, 0) is 54.3 Å². The van der Waals surface area contributed by atoms with Gasteiger partial charge >= 0.3 is 5.97 Å². The van der Waals surface area contributed by atoms with Crippen LogP contribution in [0.2, 0.25) is 0 Å². The van der Waals surface area contributed by atoms with Crippen molar-refractivity contribution in [3.05, 3.63) is 11.1 Å². The van der Waals surface area contributed by atoms with Gasteiger partial charge in [0.05, 0.1) is 12.3 Å². The number of carbonyl (C=O) groups is 1. The number of rotatable bonds is 9. The Bertz CT molecular complexity index is 444. The van der Waals surface area contributed by atoms with Gasteiger partial charge in [0.25, 0.3) is 0 Å². The minimum Gasteiger partial charge on any atom is -0.465 e. The lowest BCUT2D eigenvalue weighted by Crippen LogP contribution is -2.31. The SMILES string of the molecule is CCOC(=O)C(C)(C)c1csc(NCCCCN(C)C)n1. The minimum atomic E-state index is -0.697. The van der Waals surface area contributed by atoms with Crippen LogP contribution in [0.4, 0.5) is 5.13 Å². The van der Waals surface area contributed by atoms with Crippen LogP contribution in [-0.2, 0) is 14.9 Å². The van der Waals surface area contributed by atoms with E-state index in [0.29, 0.717) is 6.61 Å². The van der Waals surface area contributed by atoms with Crippen LogP contribution in [0.5, 0.6) is 0 Å². The quantitative estimate of drug-likeness (QED) is 0.561. The van der Waals surface area contributed by atoms with Crippen LogP contribution in [-0.4, -0.2) is 49.6 Å². The number of nitrogens with one attached hydrogen (secondary N) is 1. The van der Waals surface area contributed by atoms with Crippen molar-refractivity contribution in [2.45, 2.75) is 39.0 Å². The summed E-state index contributed by atoms with van der Waals surface area (Å²) in [5.41, 5.74) is 0.0684. The van der Waals surface area contributed by atoms with Crippen LogP contribution in [0.3, 0.4) is 0 Å².